The van der Waals surface area contributed by atoms with Gasteiger partial charge in [0.2, 0.25) is 11.5 Å². The minimum absolute atomic E-state index is 0.000415. The van der Waals surface area contributed by atoms with E-state index in [0.29, 0.717) is 34.6 Å². The fourth-order valence-corrected chi connectivity index (χ4v) is 6.81. The summed E-state index contributed by atoms with van der Waals surface area (Å²) in [5, 5.41) is 13.9. The molecular formula is C38H41N3O8. The summed E-state index contributed by atoms with van der Waals surface area (Å²) >= 11 is 0. The highest BCUT2D eigenvalue weighted by Gasteiger charge is 2.51. The molecule has 0 saturated heterocycles. The number of nitrogens with zero attached hydrogens (tertiary/aromatic N) is 2. The Balaban J connectivity index is 1.22. The molecule has 1 amide bonds. The lowest BCUT2D eigenvalue weighted by atomic mass is 9.85. The molecule has 0 radical (unpaired) electrons. The van der Waals surface area contributed by atoms with Crippen LogP contribution in [0.25, 0.3) is 22.3 Å². The van der Waals surface area contributed by atoms with E-state index in [4.69, 9.17) is 19.2 Å². The predicted molar refractivity (Wildman–Crippen MR) is 183 cm³/mol. The number of phenols is 1. The molecule has 0 aliphatic carbocycles. The van der Waals surface area contributed by atoms with Crippen LogP contribution in [-0.4, -0.2) is 32.7 Å². The molecular weight excluding hydrogens is 626 g/mol. The van der Waals surface area contributed by atoms with Crippen molar-refractivity contribution in [3.05, 3.63) is 86.7 Å². The van der Waals surface area contributed by atoms with Gasteiger partial charge < -0.3 is 29.2 Å². The molecule has 0 saturated carbocycles. The van der Waals surface area contributed by atoms with Crippen molar-refractivity contribution in [3.63, 3.8) is 0 Å². The zero-order chi connectivity index (χ0) is 34.9. The van der Waals surface area contributed by atoms with Gasteiger partial charge in [-0.05, 0) is 66.8 Å². The van der Waals surface area contributed by atoms with E-state index in [1.165, 1.54) is 0 Å². The fourth-order valence-electron chi connectivity index (χ4n) is 6.81. The van der Waals surface area contributed by atoms with Crippen molar-refractivity contribution in [2.45, 2.75) is 91.6 Å². The number of cyclic esters (lactones) is 1. The number of unbranched alkanes of at least 4 members (excludes halogenated alkanes) is 2. The number of aromatic hydroxyl groups is 1. The number of hydrogen-bond donors (Lipinski definition) is 2. The molecule has 2 aromatic carbocycles. The molecule has 2 aliphatic rings. The van der Waals surface area contributed by atoms with Crippen LogP contribution in [0.2, 0.25) is 0 Å². The highest BCUT2D eigenvalue weighted by Crippen LogP contribution is 2.42. The van der Waals surface area contributed by atoms with Crippen molar-refractivity contribution in [2.75, 3.05) is 5.32 Å². The maximum Gasteiger partial charge on any atom is 0.510 e. The molecule has 2 aliphatic heterocycles. The van der Waals surface area contributed by atoms with Crippen molar-refractivity contribution in [3.8, 4) is 17.1 Å². The van der Waals surface area contributed by atoms with Crippen molar-refractivity contribution in [1.29, 1.82) is 0 Å². The van der Waals surface area contributed by atoms with Gasteiger partial charge in [-0.25, -0.2) is 14.6 Å². The number of anilines is 1. The van der Waals surface area contributed by atoms with Crippen LogP contribution in [0.3, 0.4) is 0 Å². The SMILES string of the molecule is CCCCCC(C)C(=O)Nc1ccc(COC(=O)OC2(CC)C(=O)OCc3c2cc2n(c3=O)Cc3c-2nc2ccc(O)cc2c3CC)cc1. The molecule has 2 aromatic heterocycles. The maximum absolute atomic E-state index is 13.9. The molecule has 6 rings (SSSR count). The van der Waals surface area contributed by atoms with Crippen LogP contribution in [0.5, 0.6) is 5.75 Å². The lowest BCUT2D eigenvalue weighted by molar-refractivity contribution is -0.175. The molecule has 11 heteroatoms. The summed E-state index contributed by atoms with van der Waals surface area (Å²) in [6.45, 7) is 7.60. The van der Waals surface area contributed by atoms with E-state index in [1.807, 2.05) is 13.8 Å². The summed E-state index contributed by atoms with van der Waals surface area (Å²) in [6.07, 6.45) is 3.59. The van der Waals surface area contributed by atoms with E-state index < -0.39 is 17.7 Å². The van der Waals surface area contributed by atoms with E-state index in [0.717, 1.165) is 42.2 Å². The Morgan fingerprint density at radius 1 is 1.06 bits per heavy atom. The van der Waals surface area contributed by atoms with Crippen LogP contribution in [-0.2, 0) is 55.6 Å². The fraction of sp³-hybridized carbons (Fsp3) is 0.395. The number of aromatic nitrogens is 2. The first-order valence-electron chi connectivity index (χ1n) is 16.9. The quantitative estimate of drug-likeness (QED) is 0.114. The average Bonchev–Trinajstić information content (AvgIpc) is 3.46. The lowest BCUT2D eigenvalue weighted by Gasteiger charge is -2.35. The Bertz CT molecular complexity index is 2000. The third kappa shape index (κ3) is 6.25. The van der Waals surface area contributed by atoms with E-state index in [-0.39, 0.29) is 60.4 Å². The second-order valence-electron chi connectivity index (χ2n) is 12.8. The first-order chi connectivity index (χ1) is 23.6. The zero-order valence-corrected chi connectivity index (χ0v) is 28.3. The van der Waals surface area contributed by atoms with Crippen LogP contribution in [0, 0.1) is 5.92 Å². The molecule has 11 nitrogen and oxygen atoms in total. The minimum Gasteiger partial charge on any atom is -0.508 e. The number of nitrogens with one attached hydrogen (secondary N) is 1. The van der Waals surface area contributed by atoms with Crippen molar-refractivity contribution < 1.29 is 33.7 Å². The van der Waals surface area contributed by atoms with Crippen LogP contribution in [0.4, 0.5) is 10.5 Å². The van der Waals surface area contributed by atoms with E-state index in [9.17, 15) is 24.3 Å². The Morgan fingerprint density at radius 3 is 2.55 bits per heavy atom. The number of pyridine rings is 2. The van der Waals surface area contributed by atoms with Gasteiger partial charge in [-0.15, -0.1) is 0 Å². The average molecular weight is 668 g/mol. The molecule has 0 spiro atoms. The normalized spacial score (nSPS) is 16.7. The summed E-state index contributed by atoms with van der Waals surface area (Å²) in [6, 6.07) is 13.6. The molecule has 0 fully saturated rings. The number of phenolic OH excluding ortho intramolecular Hbond substituents is 1. The Kier molecular flexibility index (Phi) is 9.45. The number of ether oxygens (including phenoxy) is 3. The number of benzene rings is 2. The molecule has 2 unspecified atom stereocenters. The van der Waals surface area contributed by atoms with Crippen molar-refractivity contribution >= 4 is 34.6 Å². The lowest BCUT2D eigenvalue weighted by Crippen LogP contribution is -2.47. The van der Waals surface area contributed by atoms with Gasteiger partial charge in [-0.1, -0.05) is 59.1 Å². The van der Waals surface area contributed by atoms with Crippen LogP contribution < -0.4 is 10.9 Å². The van der Waals surface area contributed by atoms with Crippen molar-refractivity contribution in [2.24, 2.45) is 5.92 Å². The van der Waals surface area contributed by atoms with Gasteiger partial charge >= 0.3 is 12.1 Å². The van der Waals surface area contributed by atoms with Gasteiger partial charge in [0.25, 0.3) is 5.56 Å². The van der Waals surface area contributed by atoms with Gasteiger partial charge in [-0.2, -0.15) is 0 Å². The first kappa shape index (κ1) is 33.7. The van der Waals surface area contributed by atoms with Crippen LogP contribution in [0.15, 0.2) is 53.3 Å². The number of fused-ring (bicyclic) bond motifs is 5. The van der Waals surface area contributed by atoms with Gasteiger partial charge in [0.15, 0.2) is 0 Å². The van der Waals surface area contributed by atoms with Gasteiger partial charge in [0, 0.05) is 28.1 Å². The maximum atomic E-state index is 13.9. The monoisotopic (exact) mass is 667 g/mol. The second-order valence-corrected chi connectivity index (χ2v) is 12.8. The Hall–Kier alpha value is -5.19. The number of hydrogen-bond acceptors (Lipinski definition) is 9. The minimum atomic E-state index is -1.90. The highest BCUT2D eigenvalue weighted by atomic mass is 16.7. The molecule has 4 aromatic rings. The summed E-state index contributed by atoms with van der Waals surface area (Å²) in [7, 11) is 0. The Morgan fingerprint density at radius 2 is 1.84 bits per heavy atom. The summed E-state index contributed by atoms with van der Waals surface area (Å²) in [5.74, 6) is -0.804. The predicted octanol–water partition coefficient (Wildman–Crippen LogP) is 6.86. The van der Waals surface area contributed by atoms with E-state index >= 15 is 0 Å². The van der Waals surface area contributed by atoms with Crippen LogP contribution >= 0.6 is 0 Å². The molecule has 2 N–H and O–H groups in total. The number of aryl methyl sites for hydroxylation is 1. The van der Waals surface area contributed by atoms with E-state index in [2.05, 4.69) is 12.2 Å². The van der Waals surface area contributed by atoms with Gasteiger partial charge in [-0.3, -0.25) is 9.59 Å². The standard InChI is InChI=1S/C38H41N3O8/c1-5-8-9-10-22(4)34(43)39-24-13-11-23(12-14-24)20-48-37(46)49-38(7-3)30-18-32-33-28(19-41(32)35(44)29(30)21-47-36(38)45)26(6-2)27-17-25(42)15-16-31(27)40-33/h11-18,22,42H,5-10,19-21H2,1-4H3,(H,39,43). The molecule has 2 atom stereocenters. The largest absolute Gasteiger partial charge is 0.510 e. The smallest absolute Gasteiger partial charge is 0.508 e. The van der Waals surface area contributed by atoms with Gasteiger partial charge in [0.05, 0.1) is 29.0 Å². The van der Waals surface area contributed by atoms with Crippen LogP contribution in [0.1, 0.15) is 87.6 Å². The molecule has 49 heavy (non-hydrogen) atoms. The van der Waals surface area contributed by atoms with E-state index in [1.54, 1.807) is 60.0 Å². The molecule has 0 bridgehead atoms. The zero-order valence-electron chi connectivity index (χ0n) is 28.3. The third-order valence-corrected chi connectivity index (χ3v) is 9.63. The summed E-state index contributed by atoms with van der Waals surface area (Å²) < 4.78 is 18.2. The van der Waals surface area contributed by atoms with Crippen molar-refractivity contribution in [1.82, 2.24) is 9.55 Å². The Labute approximate surface area is 284 Å². The summed E-state index contributed by atoms with van der Waals surface area (Å²) in [5.41, 5.74) is 3.12. The summed E-state index contributed by atoms with van der Waals surface area (Å²) in [4.78, 5) is 57.9. The third-order valence-electron chi connectivity index (χ3n) is 9.63. The first-order valence-corrected chi connectivity index (χ1v) is 16.9. The number of carbonyl (C=O) groups excluding carboxylic acids is 3. The molecule has 4 heterocycles. The number of amides is 1. The number of rotatable bonds is 11. The highest BCUT2D eigenvalue weighted by molar-refractivity contribution is 5.92. The molecule has 256 valence electrons. The number of esters is 1. The topological polar surface area (TPSA) is 146 Å². The second kappa shape index (κ2) is 13.7. The van der Waals surface area contributed by atoms with Gasteiger partial charge in [0.1, 0.15) is 19.0 Å². The number of carbonyl (C=O) groups is 3.